The Balaban J connectivity index is 1.94. The number of hydrogen-bond donors (Lipinski definition) is 0. The molecule has 19 heavy (non-hydrogen) atoms. The zero-order valence-corrected chi connectivity index (χ0v) is 13.1. The third-order valence-electron chi connectivity index (χ3n) is 3.61. The number of morpholine rings is 1. The van der Waals surface area contributed by atoms with E-state index in [1.807, 2.05) is 17.9 Å². The first kappa shape index (κ1) is 14.5. The van der Waals surface area contributed by atoms with Crippen molar-refractivity contribution in [3.05, 3.63) is 33.8 Å². The average Bonchev–Trinajstić information content (AvgIpc) is 2.40. The molecule has 0 bridgehead atoms. The van der Waals surface area contributed by atoms with Crippen molar-refractivity contribution in [2.75, 3.05) is 19.8 Å². The highest BCUT2D eigenvalue weighted by Crippen LogP contribution is 2.18. The Morgan fingerprint density at radius 1 is 1.53 bits per heavy atom. The molecular formula is C15H20BrNO2. The number of benzene rings is 1. The first-order valence-electron chi connectivity index (χ1n) is 6.70. The van der Waals surface area contributed by atoms with E-state index in [1.165, 1.54) is 11.1 Å². The minimum Gasteiger partial charge on any atom is -0.377 e. The monoisotopic (exact) mass is 325 g/mol. The second-order valence-electron chi connectivity index (χ2n) is 5.08. The summed E-state index contributed by atoms with van der Waals surface area (Å²) in [5.74, 6) is 0.232. The van der Waals surface area contributed by atoms with Crippen LogP contribution in [0.3, 0.4) is 0 Å². The van der Waals surface area contributed by atoms with E-state index in [2.05, 4.69) is 35.0 Å². The van der Waals surface area contributed by atoms with Gasteiger partial charge >= 0.3 is 0 Å². The van der Waals surface area contributed by atoms with Gasteiger partial charge in [0.15, 0.2) is 0 Å². The second kappa shape index (κ2) is 6.53. The summed E-state index contributed by atoms with van der Waals surface area (Å²) in [6, 6.07) is 6.42. The van der Waals surface area contributed by atoms with E-state index < -0.39 is 0 Å². The molecule has 1 aliphatic rings. The van der Waals surface area contributed by atoms with E-state index in [0.29, 0.717) is 19.6 Å². The SMILES string of the molecule is Cc1ccc(Br)cc1CCC(=O)N1CCOCC1C. The van der Waals surface area contributed by atoms with Gasteiger partial charge < -0.3 is 9.64 Å². The van der Waals surface area contributed by atoms with Crippen LogP contribution in [0.1, 0.15) is 24.5 Å². The summed E-state index contributed by atoms with van der Waals surface area (Å²) in [5.41, 5.74) is 2.48. The number of amides is 1. The number of ether oxygens (including phenoxy) is 1. The Kier molecular flexibility index (Phi) is 4.99. The summed E-state index contributed by atoms with van der Waals surface area (Å²) < 4.78 is 6.43. The van der Waals surface area contributed by atoms with Crippen molar-refractivity contribution in [1.82, 2.24) is 4.90 Å². The molecule has 0 spiro atoms. The van der Waals surface area contributed by atoms with Gasteiger partial charge in [-0.1, -0.05) is 22.0 Å². The van der Waals surface area contributed by atoms with Crippen LogP contribution in [0.15, 0.2) is 22.7 Å². The van der Waals surface area contributed by atoms with Gasteiger partial charge in [-0.2, -0.15) is 0 Å². The maximum absolute atomic E-state index is 12.2. The lowest BCUT2D eigenvalue weighted by Gasteiger charge is -2.33. The number of aryl methyl sites for hydroxylation is 2. The summed E-state index contributed by atoms with van der Waals surface area (Å²) >= 11 is 3.48. The highest BCUT2D eigenvalue weighted by atomic mass is 79.9. The zero-order valence-electron chi connectivity index (χ0n) is 11.5. The van der Waals surface area contributed by atoms with E-state index in [9.17, 15) is 4.79 Å². The molecule has 1 aromatic carbocycles. The quantitative estimate of drug-likeness (QED) is 0.855. The van der Waals surface area contributed by atoms with Gasteiger partial charge in [0.25, 0.3) is 0 Å². The lowest BCUT2D eigenvalue weighted by Crippen LogP contribution is -2.47. The zero-order chi connectivity index (χ0) is 13.8. The molecule has 0 N–H and O–H groups in total. The molecule has 1 aromatic rings. The van der Waals surface area contributed by atoms with Gasteiger partial charge in [0.1, 0.15) is 0 Å². The largest absolute Gasteiger partial charge is 0.377 e. The number of carbonyl (C=O) groups excluding carboxylic acids is 1. The lowest BCUT2D eigenvalue weighted by atomic mass is 10.0. The van der Waals surface area contributed by atoms with Crippen LogP contribution in [-0.4, -0.2) is 36.6 Å². The Labute approximate surface area is 123 Å². The van der Waals surface area contributed by atoms with Gasteiger partial charge in [0.05, 0.1) is 19.3 Å². The minimum atomic E-state index is 0.199. The van der Waals surface area contributed by atoms with Crippen LogP contribution in [0.5, 0.6) is 0 Å². The molecule has 1 fully saturated rings. The third-order valence-corrected chi connectivity index (χ3v) is 4.10. The number of carbonyl (C=O) groups is 1. The summed E-state index contributed by atoms with van der Waals surface area (Å²) in [7, 11) is 0. The fourth-order valence-electron chi connectivity index (χ4n) is 2.39. The summed E-state index contributed by atoms with van der Waals surface area (Å²) in [6.07, 6.45) is 1.37. The van der Waals surface area contributed by atoms with E-state index in [-0.39, 0.29) is 11.9 Å². The minimum absolute atomic E-state index is 0.199. The molecule has 1 aliphatic heterocycles. The predicted molar refractivity (Wildman–Crippen MR) is 79.2 cm³/mol. The van der Waals surface area contributed by atoms with E-state index in [1.54, 1.807) is 0 Å². The standard InChI is InChI=1S/C15H20BrNO2/c1-11-3-5-14(16)9-13(11)4-6-15(18)17-7-8-19-10-12(17)2/h3,5,9,12H,4,6-8,10H2,1-2H3. The molecule has 0 aliphatic carbocycles. The molecule has 1 amide bonds. The van der Waals surface area contributed by atoms with E-state index in [4.69, 9.17) is 4.74 Å². The number of rotatable bonds is 3. The fraction of sp³-hybridized carbons (Fsp3) is 0.533. The van der Waals surface area contributed by atoms with Crippen molar-refractivity contribution in [2.45, 2.75) is 32.7 Å². The van der Waals surface area contributed by atoms with Crippen molar-refractivity contribution < 1.29 is 9.53 Å². The second-order valence-corrected chi connectivity index (χ2v) is 6.00. The highest BCUT2D eigenvalue weighted by molar-refractivity contribution is 9.10. The number of hydrogen-bond acceptors (Lipinski definition) is 2. The van der Waals surface area contributed by atoms with Gasteiger partial charge in [0.2, 0.25) is 5.91 Å². The maximum atomic E-state index is 12.2. The third kappa shape index (κ3) is 3.80. The van der Waals surface area contributed by atoms with Crippen LogP contribution < -0.4 is 0 Å². The van der Waals surface area contributed by atoms with Gasteiger partial charge in [0, 0.05) is 17.4 Å². The smallest absolute Gasteiger partial charge is 0.223 e. The van der Waals surface area contributed by atoms with Crippen LogP contribution in [0.2, 0.25) is 0 Å². The Bertz CT molecular complexity index is 461. The summed E-state index contributed by atoms with van der Waals surface area (Å²) in [5, 5.41) is 0. The van der Waals surface area contributed by atoms with Gasteiger partial charge in [-0.05, 0) is 43.5 Å². The van der Waals surface area contributed by atoms with Crippen molar-refractivity contribution in [1.29, 1.82) is 0 Å². The van der Waals surface area contributed by atoms with Gasteiger partial charge in [-0.15, -0.1) is 0 Å². The van der Waals surface area contributed by atoms with Crippen molar-refractivity contribution in [2.24, 2.45) is 0 Å². The fourth-order valence-corrected chi connectivity index (χ4v) is 2.80. The summed E-state index contributed by atoms with van der Waals surface area (Å²) in [6.45, 7) is 6.16. The maximum Gasteiger partial charge on any atom is 0.223 e. The van der Waals surface area contributed by atoms with Gasteiger partial charge in [-0.3, -0.25) is 4.79 Å². The Morgan fingerprint density at radius 3 is 3.05 bits per heavy atom. The molecule has 0 radical (unpaired) electrons. The van der Waals surface area contributed by atoms with Crippen LogP contribution >= 0.6 is 15.9 Å². The molecule has 3 nitrogen and oxygen atoms in total. The Hall–Kier alpha value is -0.870. The van der Waals surface area contributed by atoms with Crippen molar-refractivity contribution in [3.63, 3.8) is 0 Å². The van der Waals surface area contributed by atoms with Crippen LogP contribution in [-0.2, 0) is 16.0 Å². The molecule has 0 aromatic heterocycles. The van der Waals surface area contributed by atoms with E-state index in [0.717, 1.165) is 17.4 Å². The van der Waals surface area contributed by atoms with Crippen LogP contribution in [0.25, 0.3) is 0 Å². The molecule has 1 atom stereocenters. The molecule has 2 rings (SSSR count). The first-order valence-corrected chi connectivity index (χ1v) is 7.49. The highest BCUT2D eigenvalue weighted by Gasteiger charge is 2.23. The Morgan fingerprint density at radius 2 is 2.32 bits per heavy atom. The summed E-state index contributed by atoms with van der Waals surface area (Å²) in [4.78, 5) is 14.2. The van der Waals surface area contributed by atoms with Crippen LogP contribution in [0.4, 0.5) is 0 Å². The number of halogens is 1. The normalized spacial score (nSPS) is 19.5. The number of nitrogens with zero attached hydrogens (tertiary/aromatic N) is 1. The lowest BCUT2D eigenvalue weighted by molar-refractivity contribution is -0.139. The molecule has 0 saturated carbocycles. The molecular weight excluding hydrogens is 306 g/mol. The molecule has 104 valence electrons. The van der Waals surface area contributed by atoms with Crippen LogP contribution in [0, 0.1) is 6.92 Å². The molecule has 1 saturated heterocycles. The van der Waals surface area contributed by atoms with Gasteiger partial charge in [-0.25, -0.2) is 0 Å². The first-order chi connectivity index (χ1) is 9.08. The molecule has 1 unspecified atom stereocenters. The van der Waals surface area contributed by atoms with Crippen molar-refractivity contribution in [3.8, 4) is 0 Å². The van der Waals surface area contributed by atoms with Crippen molar-refractivity contribution >= 4 is 21.8 Å². The molecule has 4 heteroatoms. The average molecular weight is 326 g/mol. The van der Waals surface area contributed by atoms with E-state index >= 15 is 0 Å². The topological polar surface area (TPSA) is 29.5 Å². The predicted octanol–water partition coefficient (Wildman–Crippen LogP) is 2.94. The molecule has 1 heterocycles.